The molecule has 0 radical (unpaired) electrons. The van der Waals surface area contributed by atoms with Crippen LogP contribution in [-0.2, 0) is 27.2 Å². The van der Waals surface area contributed by atoms with Gasteiger partial charge in [-0.3, -0.25) is 9.59 Å². The molecule has 0 unspecified atom stereocenters. The summed E-state index contributed by atoms with van der Waals surface area (Å²) >= 11 is 1.42. The van der Waals surface area contributed by atoms with Crippen molar-refractivity contribution in [3.05, 3.63) is 28.2 Å². The Kier molecular flexibility index (Phi) is 5.76. The summed E-state index contributed by atoms with van der Waals surface area (Å²) in [5.41, 5.74) is 1.42. The number of carboxylic acids is 1. The summed E-state index contributed by atoms with van der Waals surface area (Å²) in [6.45, 7) is 0. The van der Waals surface area contributed by atoms with E-state index >= 15 is 0 Å². The number of fused-ring (bicyclic) bond motifs is 1. The average Bonchev–Trinajstić information content (AvgIpc) is 2.81. The first kappa shape index (κ1) is 18.6. The van der Waals surface area contributed by atoms with Gasteiger partial charge in [-0.05, 0) is 44.1 Å². The molecular formula is C19H23NO5S. The van der Waals surface area contributed by atoms with Crippen LogP contribution in [0.3, 0.4) is 0 Å². The molecule has 2 aliphatic rings. The van der Waals surface area contributed by atoms with E-state index in [1.165, 1.54) is 18.4 Å². The molecule has 1 amide bonds. The second-order valence-corrected chi connectivity index (χ2v) is 7.85. The minimum absolute atomic E-state index is 0.344. The van der Waals surface area contributed by atoms with Crippen LogP contribution in [0.25, 0.3) is 0 Å². The molecule has 7 heteroatoms. The van der Waals surface area contributed by atoms with Gasteiger partial charge in [-0.2, -0.15) is 0 Å². The van der Waals surface area contributed by atoms with E-state index in [0.717, 1.165) is 42.5 Å². The Morgan fingerprint density at radius 2 is 1.81 bits per heavy atom. The van der Waals surface area contributed by atoms with E-state index in [4.69, 9.17) is 4.74 Å². The molecule has 0 bridgehead atoms. The monoisotopic (exact) mass is 377 g/mol. The summed E-state index contributed by atoms with van der Waals surface area (Å²) in [5.74, 6) is -3.13. The molecule has 0 aromatic carbocycles. The second kappa shape index (κ2) is 8.03. The van der Waals surface area contributed by atoms with Crippen LogP contribution in [0.5, 0.6) is 0 Å². The van der Waals surface area contributed by atoms with E-state index in [-0.39, 0.29) is 5.91 Å². The largest absolute Gasteiger partial charge is 0.481 e. The number of esters is 1. The van der Waals surface area contributed by atoms with Crippen LogP contribution in [0.1, 0.15) is 52.9 Å². The number of aryl methyl sites for hydroxylation is 1. The lowest BCUT2D eigenvalue weighted by Gasteiger charge is -2.24. The molecule has 1 aromatic rings. The molecule has 140 valence electrons. The maximum atomic E-state index is 12.8. The Morgan fingerprint density at radius 3 is 2.50 bits per heavy atom. The van der Waals surface area contributed by atoms with Crippen molar-refractivity contribution in [2.75, 3.05) is 12.4 Å². The smallest absolute Gasteiger partial charge is 0.341 e. The first-order chi connectivity index (χ1) is 12.5. The Bertz CT molecular complexity index is 751. The topological polar surface area (TPSA) is 92.7 Å². The van der Waals surface area contributed by atoms with Crippen molar-refractivity contribution < 1.29 is 24.2 Å². The van der Waals surface area contributed by atoms with Crippen LogP contribution in [-0.4, -0.2) is 30.1 Å². The van der Waals surface area contributed by atoms with E-state index in [2.05, 4.69) is 5.32 Å². The minimum atomic E-state index is -0.968. The number of carbonyl (C=O) groups excluding carboxylic acids is 2. The lowest BCUT2D eigenvalue weighted by molar-refractivity contribution is -0.146. The molecule has 1 aromatic heterocycles. The highest BCUT2D eigenvalue weighted by atomic mass is 32.1. The van der Waals surface area contributed by atoms with Gasteiger partial charge < -0.3 is 15.2 Å². The number of methoxy groups -OCH3 is 1. The summed E-state index contributed by atoms with van der Waals surface area (Å²) in [7, 11) is 1.33. The normalized spacial score (nSPS) is 22.2. The van der Waals surface area contributed by atoms with Crippen molar-refractivity contribution in [2.24, 2.45) is 11.8 Å². The third kappa shape index (κ3) is 3.67. The molecule has 0 fully saturated rings. The number of rotatable bonds is 4. The van der Waals surface area contributed by atoms with Crippen LogP contribution in [0.2, 0.25) is 0 Å². The second-order valence-electron chi connectivity index (χ2n) is 6.74. The number of aliphatic carboxylic acids is 1. The molecule has 2 N–H and O–H groups in total. The first-order valence-corrected chi connectivity index (χ1v) is 9.76. The highest BCUT2D eigenvalue weighted by Crippen LogP contribution is 2.39. The van der Waals surface area contributed by atoms with Gasteiger partial charge in [0.2, 0.25) is 5.91 Å². The van der Waals surface area contributed by atoms with Gasteiger partial charge in [0.1, 0.15) is 5.00 Å². The summed E-state index contributed by atoms with van der Waals surface area (Å²) in [4.78, 5) is 37.7. The van der Waals surface area contributed by atoms with Crippen molar-refractivity contribution >= 4 is 34.2 Å². The third-order valence-electron chi connectivity index (χ3n) is 5.13. The van der Waals surface area contributed by atoms with E-state index in [1.807, 2.05) is 6.08 Å². The third-order valence-corrected chi connectivity index (χ3v) is 6.34. The lowest BCUT2D eigenvalue weighted by Crippen LogP contribution is -2.34. The van der Waals surface area contributed by atoms with Crippen LogP contribution >= 0.6 is 11.3 Å². The van der Waals surface area contributed by atoms with Gasteiger partial charge in [-0.15, -0.1) is 11.3 Å². The standard InChI is InChI=1S/C19H23NO5S/c1-25-19(24)15-13-9-3-2-4-10-14(13)26-17(15)20-16(21)11-7-5-6-8-12(11)18(22)23/h5-6,11-12H,2-4,7-10H2,1H3,(H,20,21)(H,22,23)/t11-,12+/m0/s1. The maximum Gasteiger partial charge on any atom is 0.341 e. The fraction of sp³-hybridized carbons (Fsp3) is 0.526. The molecule has 0 aliphatic heterocycles. The van der Waals surface area contributed by atoms with Crippen LogP contribution < -0.4 is 5.32 Å². The van der Waals surface area contributed by atoms with E-state index < -0.39 is 23.8 Å². The minimum Gasteiger partial charge on any atom is -0.481 e. The number of nitrogens with one attached hydrogen (secondary N) is 1. The number of anilines is 1. The van der Waals surface area contributed by atoms with Crippen molar-refractivity contribution in [3.63, 3.8) is 0 Å². The molecule has 1 heterocycles. The zero-order valence-electron chi connectivity index (χ0n) is 14.7. The predicted molar refractivity (Wildman–Crippen MR) is 98.5 cm³/mol. The van der Waals surface area contributed by atoms with Gasteiger partial charge in [0, 0.05) is 4.88 Å². The van der Waals surface area contributed by atoms with E-state index in [1.54, 1.807) is 6.08 Å². The Labute approximate surface area is 156 Å². The molecule has 2 aliphatic carbocycles. The fourth-order valence-electron chi connectivity index (χ4n) is 3.73. The maximum absolute atomic E-state index is 12.8. The van der Waals surface area contributed by atoms with Gasteiger partial charge >= 0.3 is 11.9 Å². The quantitative estimate of drug-likeness (QED) is 0.476. The number of carboxylic acid groups (broad SMARTS) is 1. The Hall–Kier alpha value is -2.15. The zero-order valence-corrected chi connectivity index (χ0v) is 15.6. The summed E-state index contributed by atoms with van der Waals surface area (Å²) in [6.07, 6.45) is 9.27. The van der Waals surface area contributed by atoms with Gasteiger partial charge in [0.25, 0.3) is 0 Å². The lowest BCUT2D eigenvalue weighted by atomic mass is 9.82. The zero-order chi connectivity index (χ0) is 18.7. The Balaban J connectivity index is 1.89. The first-order valence-electron chi connectivity index (χ1n) is 8.94. The number of allylic oxidation sites excluding steroid dienone is 2. The number of ether oxygens (including phenoxy) is 1. The van der Waals surface area contributed by atoms with E-state index in [9.17, 15) is 19.5 Å². The van der Waals surface area contributed by atoms with Gasteiger partial charge in [-0.25, -0.2) is 4.79 Å². The summed E-state index contributed by atoms with van der Waals surface area (Å²) in [5, 5.41) is 12.7. The fourth-order valence-corrected chi connectivity index (χ4v) is 5.01. The molecule has 0 saturated heterocycles. The average molecular weight is 377 g/mol. The summed E-state index contributed by atoms with van der Waals surface area (Å²) in [6, 6.07) is 0. The molecule has 26 heavy (non-hydrogen) atoms. The molecule has 3 rings (SSSR count). The van der Waals surface area contributed by atoms with Crippen molar-refractivity contribution in [3.8, 4) is 0 Å². The predicted octanol–water partition coefficient (Wildman–Crippen LogP) is 3.41. The number of hydrogen-bond donors (Lipinski definition) is 2. The van der Waals surface area contributed by atoms with Crippen molar-refractivity contribution in [1.82, 2.24) is 0 Å². The van der Waals surface area contributed by atoms with Crippen molar-refractivity contribution in [1.29, 1.82) is 0 Å². The van der Waals surface area contributed by atoms with Crippen LogP contribution in [0.15, 0.2) is 12.2 Å². The number of thiophene rings is 1. The summed E-state index contributed by atoms with van der Waals surface area (Å²) < 4.78 is 4.94. The number of amides is 1. The molecule has 2 atom stereocenters. The number of carbonyl (C=O) groups is 3. The number of hydrogen-bond acceptors (Lipinski definition) is 5. The van der Waals surface area contributed by atoms with Gasteiger partial charge in [-0.1, -0.05) is 18.6 Å². The highest BCUT2D eigenvalue weighted by Gasteiger charge is 2.35. The van der Waals surface area contributed by atoms with Crippen molar-refractivity contribution in [2.45, 2.75) is 44.9 Å². The molecule has 6 nitrogen and oxygen atoms in total. The van der Waals surface area contributed by atoms with Crippen LogP contribution in [0, 0.1) is 11.8 Å². The van der Waals surface area contributed by atoms with Gasteiger partial charge in [0.05, 0.1) is 24.5 Å². The van der Waals surface area contributed by atoms with Crippen LogP contribution in [0.4, 0.5) is 5.00 Å². The molecular weight excluding hydrogens is 354 g/mol. The SMILES string of the molecule is COC(=O)c1c(NC(=O)[C@H]2CC=CC[C@H]2C(=O)O)sc2c1CCCCC2. The highest BCUT2D eigenvalue weighted by molar-refractivity contribution is 7.17. The Morgan fingerprint density at radius 1 is 1.12 bits per heavy atom. The van der Waals surface area contributed by atoms with E-state index in [0.29, 0.717) is 23.4 Å². The molecule has 0 saturated carbocycles. The van der Waals surface area contributed by atoms with Gasteiger partial charge in [0.15, 0.2) is 0 Å². The molecule has 0 spiro atoms.